The van der Waals surface area contributed by atoms with E-state index in [1.807, 2.05) is 6.92 Å². The fourth-order valence-corrected chi connectivity index (χ4v) is 3.31. The maximum Gasteiger partial charge on any atom is 0.322 e. The molecule has 0 aliphatic rings. The fourth-order valence-electron chi connectivity index (χ4n) is 3.31. The van der Waals surface area contributed by atoms with Crippen molar-refractivity contribution in [1.82, 2.24) is 20.0 Å². The molecule has 0 saturated heterocycles. The first-order chi connectivity index (χ1) is 12.8. The number of aromatic nitrogens is 2. The smallest absolute Gasteiger partial charge is 0.322 e. The Balaban J connectivity index is 2.73. The van der Waals surface area contributed by atoms with E-state index in [4.69, 9.17) is 0 Å². The van der Waals surface area contributed by atoms with E-state index < -0.39 is 10.8 Å². The molecule has 1 heterocycles. The number of unbranched alkanes of at least 4 members (excludes halogenated alkanes) is 4. The maximum absolute atomic E-state index is 12.6. The highest BCUT2D eigenvalue weighted by molar-refractivity contribution is 5.97. The van der Waals surface area contributed by atoms with Crippen LogP contribution in [0.4, 0.5) is 5.69 Å². The first kappa shape index (κ1) is 23.1. The SMILES string of the molecule is CCCCCN(CCCCC)CC(C)NC(=O)c1c([N+](=O)[O-])c(C)nn1C. The summed E-state index contributed by atoms with van der Waals surface area (Å²) < 4.78 is 1.29. The lowest BCUT2D eigenvalue weighted by atomic mass is 10.2. The Labute approximate surface area is 162 Å². The zero-order chi connectivity index (χ0) is 20.4. The second-order valence-corrected chi connectivity index (χ2v) is 7.25. The van der Waals surface area contributed by atoms with Gasteiger partial charge in [0, 0.05) is 19.6 Å². The number of carbonyl (C=O) groups is 1. The van der Waals surface area contributed by atoms with Crippen molar-refractivity contribution < 1.29 is 9.72 Å². The summed E-state index contributed by atoms with van der Waals surface area (Å²) in [6.45, 7) is 10.6. The lowest BCUT2D eigenvalue weighted by molar-refractivity contribution is -0.385. The molecule has 1 atom stereocenters. The first-order valence-electron chi connectivity index (χ1n) is 10.0. The number of nitro groups is 1. The molecule has 8 nitrogen and oxygen atoms in total. The molecule has 27 heavy (non-hydrogen) atoms. The fraction of sp³-hybridized carbons (Fsp3) is 0.789. The van der Waals surface area contributed by atoms with E-state index in [0.29, 0.717) is 0 Å². The van der Waals surface area contributed by atoms with Gasteiger partial charge in [-0.2, -0.15) is 5.10 Å². The van der Waals surface area contributed by atoms with Crippen molar-refractivity contribution in [2.45, 2.75) is 72.3 Å². The van der Waals surface area contributed by atoms with Gasteiger partial charge < -0.3 is 10.2 Å². The number of aryl methyl sites for hydroxylation is 2. The summed E-state index contributed by atoms with van der Waals surface area (Å²) in [7, 11) is 1.56. The minimum atomic E-state index is -0.538. The summed E-state index contributed by atoms with van der Waals surface area (Å²) in [5.74, 6) is -0.445. The predicted octanol–water partition coefficient (Wildman–Crippen LogP) is 3.44. The van der Waals surface area contributed by atoms with Crippen molar-refractivity contribution in [3.8, 4) is 0 Å². The van der Waals surface area contributed by atoms with E-state index in [1.165, 1.54) is 30.4 Å². The molecule has 0 spiro atoms. The number of hydrogen-bond acceptors (Lipinski definition) is 5. The monoisotopic (exact) mass is 381 g/mol. The summed E-state index contributed by atoms with van der Waals surface area (Å²) in [5, 5.41) is 18.2. The van der Waals surface area contributed by atoms with Gasteiger partial charge in [0.05, 0.1) is 4.92 Å². The summed E-state index contributed by atoms with van der Waals surface area (Å²) >= 11 is 0. The van der Waals surface area contributed by atoms with Crippen LogP contribution < -0.4 is 5.32 Å². The molecule has 1 aromatic rings. The molecular weight excluding hydrogens is 346 g/mol. The second-order valence-electron chi connectivity index (χ2n) is 7.25. The van der Waals surface area contributed by atoms with Crippen molar-refractivity contribution in [2.75, 3.05) is 19.6 Å². The standard InChI is InChI=1S/C19H35N5O3/c1-6-8-10-12-23(13-11-9-7-2)14-15(3)20-19(25)18-17(24(26)27)16(4)21-22(18)5/h15H,6-14H2,1-5H3,(H,20,25). The van der Waals surface area contributed by atoms with Crippen LogP contribution in [0.1, 0.15) is 75.5 Å². The minimum absolute atomic E-state index is 0.00728. The van der Waals surface area contributed by atoms with Crippen molar-refractivity contribution in [3.63, 3.8) is 0 Å². The normalized spacial score (nSPS) is 12.4. The highest BCUT2D eigenvalue weighted by atomic mass is 16.6. The molecule has 0 aliphatic carbocycles. The third-order valence-corrected chi connectivity index (χ3v) is 4.65. The van der Waals surface area contributed by atoms with Gasteiger partial charge in [0.15, 0.2) is 0 Å². The average molecular weight is 382 g/mol. The van der Waals surface area contributed by atoms with Gasteiger partial charge in [-0.15, -0.1) is 0 Å². The minimum Gasteiger partial charge on any atom is -0.347 e. The average Bonchev–Trinajstić information content (AvgIpc) is 2.89. The quantitative estimate of drug-likeness (QED) is 0.321. The number of amides is 1. The largest absolute Gasteiger partial charge is 0.347 e. The molecule has 1 rings (SSSR count). The van der Waals surface area contributed by atoms with Gasteiger partial charge in [-0.05, 0) is 39.8 Å². The molecule has 154 valence electrons. The Hall–Kier alpha value is -1.96. The van der Waals surface area contributed by atoms with Crippen LogP contribution in [0.5, 0.6) is 0 Å². The van der Waals surface area contributed by atoms with Crippen LogP contribution in [-0.4, -0.2) is 51.2 Å². The van der Waals surface area contributed by atoms with E-state index >= 15 is 0 Å². The predicted molar refractivity (Wildman–Crippen MR) is 107 cm³/mol. The van der Waals surface area contributed by atoms with E-state index in [1.54, 1.807) is 14.0 Å². The highest BCUT2D eigenvalue weighted by Crippen LogP contribution is 2.22. The van der Waals surface area contributed by atoms with Gasteiger partial charge in [-0.25, -0.2) is 0 Å². The topological polar surface area (TPSA) is 93.3 Å². The van der Waals surface area contributed by atoms with Crippen LogP contribution in [0.25, 0.3) is 0 Å². The number of nitrogens with zero attached hydrogens (tertiary/aromatic N) is 4. The lowest BCUT2D eigenvalue weighted by Gasteiger charge is -2.26. The van der Waals surface area contributed by atoms with Gasteiger partial charge in [0.2, 0.25) is 5.69 Å². The van der Waals surface area contributed by atoms with Crippen molar-refractivity contribution >= 4 is 11.6 Å². The summed E-state index contributed by atoms with van der Waals surface area (Å²) in [5.41, 5.74) is 0.0406. The Bertz CT molecular complexity index is 605. The highest BCUT2D eigenvalue weighted by Gasteiger charge is 2.29. The Morgan fingerprint density at radius 1 is 1.22 bits per heavy atom. The van der Waals surface area contributed by atoms with Crippen LogP contribution in [0.15, 0.2) is 0 Å². The molecule has 1 unspecified atom stereocenters. The molecule has 1 N–H and O–H groups in total. The molecule has 1 aromatic heterocycles. The third kappa shape index (κ3) is 7.28. The zero-order valence-corrected chi connectivity index (χ0v) is 17.5. The van der Waals surface area contributed by atoms with Crippen LogP contribution in [0, 0.1) is 17.0 Å². The van der Waals surface area contributed by atoms with E-state index in [0.717, 1.165) is 32.5 Å². The van der Waals surface area contributed by atoms with Gasteiger partial charge in [-0.1, -0.05) is 39.5 Å². The van der Waals surface area contributed by atoms with E-state index in [9.17, 15) is 14.9 Å². The molecule has 0 aromatic carbocycles. The van der Waals surface area contributed by atoms with Gasteiger partial charge >= 0.3 is 5.69 Å². The summed E-state index contributed by atoms with van der Waals surface area (Å²) in [4.78, 5) is 25.8. The molecule has 0 aliphatic heterocycles. The van der Waals surface area contributed by atoms with Crippen molar-refractivity contribution in [3.05, 3.63) is 21.5 Å². The number of rotatable bonds is 13. The number of carbonyl (C=O) groups excluding carboxylic acids is 1. The second kappa shape index (κ2) is 11.7. The summed E-state index contributed by atoms with van der Waals surface area (Å²) in [6, 6.07) is -0.101. The van der Waals surface area contributed by atoms with Crippen molar-refractivity contribution in [1.29, 1.82) is 0 Å². The Morgan fingerprint density at radius 3 is 2.26 bits per heavy atom. The summed E-state index contributed by atoms with van der Waals surface area (Å²) in [6.07, 6.45) is 7.06. The molecule has 0 radical (unpaired) electrons. The van der Waals surface area contributed by atoms with Crippen LogP contribution >= 0.6 is 0 Å². The molecule has 1 amide bonds. The van der Waals surface area contributed by atoms with E-state index in [2.05, 4.69) is 29.2 Å². The van der Waals surface area contributed by atoms with Gasteiger partial charge in [0.1, 0.15) is 5.69 Å². The van der Waals surface area contributed by atoms with Gasteiger partial charge in [0.25, 0.3) is 5.91 Å². The number of nitrogens with one attached hydrogen (secondary N) is 1. The molecule has 8 heteroatoms. The third-order valence-electron chi connectivity index (χ3n) is 4.65. The van der Waals surface area contributed by atoms with Crippen LogP contribution in [0.3, 0.4) is 0 Å². The first-order valence-corrected chi connectivity index (χ1v) is 10.0. The lowest BCUT2D eigenvalue weighted by Crippen LogP contribution is -2.43. The maximum atomic E-state index is 12.6. The van der Waals surface area contributed by atoms with Crippen LogP contribution in [-0.2, 0) is 7.05 Å². The van der Waals surface area contributed by atoms with Gasteiger partial charge in [-0.3, -0.25) is 19.6 Å². The number of hydrogen-bond donors (Lipinski definition) is 1. The zero-order valence-electron chi connectivity index (χ0n) is 17.5. The van der Waals surface area contributed by atoms with E-state index in [-0.39, 0.29) is 23.1 Å². The molecule has 0 bridgehead atoms. The Morgan fingerprint density at radius 2 is 1.78 bits per heavy atom. The van der Waals surface area contributed by atoms with Crippen molar-refractivity contribution in [2.24, 2.45) is 7.05 Å². The molecule has 0 saturated carbocycles. The Kier molecular flexibility index (Phi) is 9.99. The van der Waals surface area contributed by atoms with Crippen LogP contribution in [0.2, 0.25) is 0 Å². The molecular formula is C19H35N5O3. The molecule has 0 fully saturated rings.